The van der Waals surface area contributed by atoms with Crippen LogP contribution in [0.3, 0.4) is 0 Å². The van der Waals surface area contributed by atoms with Gasteiger partial charge < -0.3 is 4.90 Å². The van der Waals surface area contributed by atoms with E-state index < -0.39 is 0 Å². The number of tetrazole rings is 1. The SMILES string of the molecule is CC(C)n1nnnc1CSCC(=O)N1CCN(Cc2ccc(Cl)cc2)CC1. The molecule has 0 N–H and O–H groups in total. The first kappa shape index (κ1) is 20.1. The van der Waals surface area contributed by atoms with E-state index >= 15 is 0 Å². The van der Waals surface area contributed by atoms with Crippen LogP contribution in [0.1, 0.15) is 31.3 Å². The van der Waals surface area contributed by atoms with Gasteiger partial charge in [-0.3, -0.25) is 9.69 Å². The molecule has 3 rings (SSSR count). The molecule has 0 spiro atoms. The third kappa shape index (κ3) is 5.67. The summed E-state index contributed by atoms with van der Waals surface area (Å²) in [5.41, 5.74) is 1.25. The second-order valence-electron chi connectivity index (χ2n) is 6.91. The fourth-order valence-corrected chi connectivity index (χ4v) is 3.99. The average molecular weight is 409 g/mol. The number of nitrogens with zero attached hydrogens (tertiary/aromatic N) is 6. The molecule has 27 heavy (non-hydrogen) atoms. The van der Waals surface area contributed by atoms with Gasteiger partial charge in [-0.2, -0.15) is 0 Å². The van der Waals surface area contributed by atoms with E-state index in [0.717, 1.165) is 43.6 Å². The van der Waals surface area contributed by atoms with Crippen LogP contribution in [-0.2, 0) is 17.1 Å². The molecule has 0 unspecified atom stereocenters. The quantitative estimate of drug-likeness (QED) is 0.701. The van der Waals surface area contributed by atoms with Gasteiger partial charge in [0.15, 0.2) is 5.82 Å². The molecule has 2 aromatic rings. The Morgan fingerprint density at radius 1 is 1.19 bits per heavy atom. The zero-order chi connectivity index (χ0) is 19.2. The average Bonchev–Trinajstić information content (AvgIpc) is 3.13. The molecule has 0 bridgehead atoms. The minimum Gasteiger partial charge on any atom is -0.339 e. The molecule has 146 valence electrons. The van der Waals surface area contributed by atoms with Crippen molar-refractivity contribution < 1.29 is 4.79 Å². The first-order valence-electron chi connectivity index (χ1n) is 9.12. The molecule has 1 amide bonds. The highest BCUT2D eigenvalue weighted by atomic mass is 35.5. The first-order valence-corrected chi connectivity index (χ1v) is 10.7. The minimum atomic E-state index is 0.190. The van der Waals surface area contributed by atoms with Crippen molar-refractivity contribution in [2.75, 3.05) is 31.9 Å². The lowest BCUT2D eigenvalue weighted by atomic mass is 10.2. The van der Waals surface area contributed by atoms with Crippen molar-refractivity contribution in [1.82, 2.24) is 30.0 Å². The molecule has 0 atom stereocenters. The molecule has 9 heteroatoms. The van der Waals surface area contributed by atoms with Crippen molar-refractivity contribution in [1.29, 1.82) is 0 Å². The lowest BCUT2D eigenvalue weighted by Gasteiger charge is -2.34. The Bertz CT molecular complexity index is 743. The zero-order valence-electron chi connectivity index (χ0n) is 15.7. The molecular weight excluding hydrogens is 384 g/mol. The third-order valence-electron chi connectivity index (χ3n) is 4.55. The van der Waals surface area contributed by atoms with Crippen LogP contribution < -0.4 is 0 Å². The fourth-order valence-electron chi connectivity index (χ4n) is 3.03. The maximum Gasteiger partial charge on any atom is 0.232 e. The summed E-state index contributed by atoms with van der Waals surface area (Å²) in [6.07, 6.45) is 0. The number of aromatic nitrogens is 4. The van der Waals surface area contributed by atoms with Crippen molar-refractivity contribution in [3.8, 4) is 0 Å². The standard InChI is InChI=1S/C18H25ClN6OS/c1-14(2)25-17(20-21-22-25)12-27-13-18(26)24-9-7-23(8-10-24)11-15-3-5-16(19)6-4-15/h3-6,14H,7-13H2,1-2H3. The predicted octanol–water partition coefficient (Wildman–Crippen LogP) is 2.49. The smallest absolute Gasteiger partial charge is 0.232 e. The molecular formula is C18H25ClN6OS. The Labute approximate surface area is 169 Å². The van der Waals surface area contributed by atoms with Crippen LogP contribution in [0.25, 0.3) is 0 Å². The monoisotopic (exact) mass is 408 g/mol. The number of thioether (sulfide) groups is 1. The number of halogens is 1. The number of hydrogen-bond acceptors (Lipinski definition) is 6. The van der Waals surface area contributed by atoms with Crippen molar-refractivity contribution in [2.45, 2.75) is 32.2 Å². The van der Waals surface area contributed by atoms with Crippen LogP contribution in [0.5, 0.6) is 0 Å². The van der Waals surface area contributed by atoms with Gasteiger partial charge in [0.25, 0.3) is 0 Å². The summed E-state index contributed by atoms with van der Waals surface area (Å²) in [7, 11) is 0. The van der Waals surface area contributed by atoms with Gasteiger partial charge in [0.2, 0.25) is 5.91 Å². The molecule has 1 aliphatic heterocycles. The van der Waals surface area contributed by atoms with Crippen LogP contribution in [-0.4, -0.2) is 67.8 Å². The summed E-state index contributed by atoms with van der Waals surface area (Å²) in [6.45, 7) is 8.31. The summed E-state index contributed by atoms with van der Waals surface area (Å²) in [5, 5.41) is 12.5. The first-order chi connectivity index (χ1) is 13.0. The van der Waals surface area contributed by atoms with Crippen LogP contribution in [0.2, 0.25) is 5.02 Å². The van der Waals surface area contributed by atoms with Crippen LogP contribution in [0.4, 0.5) is 0 Å². The van der Waals surface area contributed by atoms with Crippen LogP contribution in [0, 0.1) is 0 Å². The second-order valence-corrected chi connectivity index (χ2v) is 8.33. The topological polar surface area (TPSA) is 67.2 Å². The van der Waals surface area contributed by atoms with Gasteiger partial charge in [-0.25, -0.2) is 4.68 Å². The Morgan fingerprint density at radius 2 is 1.89 bits per heavy atom. The molecule has 1 aliphatic rings. The van der Waals surface area contributed by atoms with E-state index in [0.29, 0.717) is 11.5 Å². The zero-order valence-corrected chi connectivity index (χ0v) is 17.3. The summed E-state index contributed by atoms with van der Waals surface area (Å²) < 4.78 is 1.80. The van der Waals surface area contributed by atoms with Crippen molar-refractivity contribution in [2.24, 2.45) is 0 Å². The summed E-state index contributed by atoms with van der Waals surface area (Å²) in [6, 6.07) is 8.18. The van der Waals surface area contributed by atoms with Gasteiger partial charge in [-0.1, -0.05) is 23.7 Å². The molecule has 1 saturated heterocycles. The van der Waals surface area contributed by atoms with Gasteiger partial charge in [-0.05, 0) is 42.0 Å². The Balaban J connectivity index is 1.39. The number of piperazine rings is 1. The van der Waals surface area contributed by atoms with Gasteiger partial charge in [-0.15, -0.1) is 16.9 Å². The molecule has 7 nitrogen and oxygen atoms in total. The molecule has 0 radical (unpaired) electrons. The maximum absolute atomic E-state index is 12.5. The van der Waals surface area contributed by atoms with Crippen LogP contribution >= 0.6 is 23.4 Å². The van der Waals surface area contributed by atoms with Crippen molar-refractivity contribution >= 4 is 29.3 Å². The number of carbonyl (C=O) groups is 1. The molecule has 1 aromatic heterocycles. The van der Waals surface area contributed by atoms with Gasteiger partial charge >= 0.3 is 0 Å². The van der Waals surface area contributed by atoms with Gasteiger partial charge in [0.1, 0.15) is 0 Å². The normalized spacial score (nSPS) is 15.5. The van der Waals surface area contributed by atoms with Crippen molar-refractivity contribution in [3.05, 3.63) is 40.7 Å². The van der Waals surface area contributed by atoms with E-state index in [4.69, 9.17) is 11.6 Å². The van der Waals surface area contributed by atoms with E-state index in [1.807, 2.05) is 30.9 Å². The van der Waals surface area contributed by atoms with E-state index in [1.54, 1.807) is 16.4 Å². The summed E-state index contributed by atoms with van der Waals surface area (Å²) in [5.74, 6) is 2.11. The second kappa shape index (κ2) is 9.52. The Hall–Kier alpha value is -1.64. The highest BCUT2D eigenvalue weighted by Crippen LogP contribution is 2.15. The highest BCUT2D eigenvalue weighted by molar-refractivity contribution is 7.99. The molecule has 1 fully saturated rings. The number of hydrogen-bond donors (Lipinski definition) is 0. The van der Waals surface area contributed by atoms with Gasteiger partial charge in [0.05, 0.1) is 17.5 Å². The lowest BCUT2D eigenvalue weighted by molar-refractivity contribution is -0.130. The highest BCUT2D eigenvalue weighted by Gasteiger charge is 2.21. The molecule has 2 heterocycles. The fraction of sp³-hybridized carbons (Fsp3) is 0.556. The number of carbonyl (C=O) groups excluding carboxylic acids is 1. The van der Waals surface area contributed by atoms with E-state index in [-0.39, 0.29) is 11.9 Å². The molecule has 1 aromatic carbocycles. The van der Waals surface area contributed by atoms with E-state index in [9.17, 15) is 4.79 Å². The van der Waals surface area contributed by atoms with E-state index in [2.05, 4.69) is 32.6 Å². The number of amides is 1. The number of rotatable bonds is 7. The Kier molecular flexibility index (Phi) is 7.09. The molecule has 0 aliphatic carbocycles. The van der Waals surface area contributed by atoms with Crippen molar-refractivity contribution in [3.63, 3.8) is 0 Å². The number of benzene rings is 1. The lowest BCUT2D eigenvalue weighted by Crippen LogP contribution is -2.48. The van der Waals surface area contributed by atoms with E-state index in [1.165, 1.54) is 5.56 Å². The summed E-state index contributed by atoms with van der Waals surface area (Å²) in [4.78, 5) is 16.8. The predicted molar refractivity (Wildman–Crippen MR) is 108 cm³/mol. The molecule has 0 saturated carbocycles. The Morgan fingerprint density at radius 3 is 2.56 bits per heavy atom. The maximum atomic E-state index is 12.5. The minimum absolute atomic E-state index is 0.190. The van der Waals surface area contributed by atoms with Crippen LogP contribution in [0.15, 0.2) is 24.3 Å². The van der Waals surface area contributed by atoms with Gasteiger partial charge in [0, 0.05) is 37.7 Å². The largest absolute Gasteiger partial charge is 0.339 e. The summed E-state index contributed by atoms with van der Waals surface area (Å²) >= 11 is 7.50. The third-order valence-corrected chi connectivity index (χ3v) is 5.72.